The van der Waals surface area contributed by atoms with Crippen LogP contribution < -0.4 is 14.8 Å². The van der Waals surface area contributed by atoms with Crippen molar-refractivity contribution in [3.05, 3.63) is 54.1 Å². The van der Waals surface area contributed by atoms with Crippen molar-refractivity contribution in [1.82, 2.24) is 5.32 Å². The number of nitrogens with one attached hydrogen (secondary N) is 1. The summed E-state index contributed by atoms with van der Waals surface area (Å²) in [5, 5.41) is 3.00. The molecule has 0 radical (unpaired) electrons. The summed E-state index contributed by atoms with van der Waals surface area (Å²) >= 11 is 0. The summed E-state index contributed by atoms with van der Waals surface area (Å²) < 4.78 is 34.4. The zero-order valence-corrected chi connectivity index (χ0v) is 17.5. The minimum atomic E-state index is -3.25. The molecule has 0 saturated heterocycles. The Labute approximate surface area is 166 Å². The molecule has 0 aromatic heterocycles. The van der Waals surface area contributed by atoms with E-state index in [1.165, 1.54) is 6.26 Å². The molecule has 6 nitrogen and oxygen atoms in total. The smallest absolute Gasteiger partial charge is 0.261 e. The number of hydrogen-bond acceptors (Lipinski definition) is 5. The van der Waals surface area contributed by atoms with Gasteiger partial charge in [-0.25, -0.2) is 8.42 Å². The van der Waals surface area contributed by atoms with Crippen LogP contribution in [-0.4, -0.2) is 33.8 Å². The van der Waals surface area contributed by atoms with Crippen LogP contribution >= 0.6 is 0 Å². The van der Waals surface area contributed by atoms with Crippen molar-refractivity contribution in [2.24, 2.45) is 0 Å². The van der Waals surface area contributed by atoms with E-state index in [9.17, 15) is 13.2 Å². The van der Waals surface area contributed by atoms with Crippen LogP contribution in [0.25, 0.3) is 0 Å². The van der Waals surface area contributed by atoms with Crippen molar-refractivity contribution in [3.8, 4) is 11.5 Å². The second-order valence-corrected chi connectivity index (χ2v) is 8.49. The number of amides is 1. The molecule has 7 heteroatoms. The molecule has 2 aromatic carbocycles. The van der Waals surface area contributed by atoms with Gasteiger partial charge in [0, 0.05) is 6.26 Å². The number of benzene rings is 2. The maximum absolute atomic E-state index is 12.8. The van der Waals surface area contributed by atoms with Gasteiger partial charge in [-0.15, -0.1) is 0 Å². The molecule has 1 N–H and O–H groups in total. The summed E-state index contributed by atoms with van der Waals surface area (Å²) in [5.41, 5.74) is 0.843. The molecule has 0 saturated carbocycles. The van der Waals surface area contributed by atoms with Gasteiger partial charge in [0.1, 0.15) is 0 Å². The first-order chi connectivity index (χ1) is 13.3. The summed E-state index contributed by atoms with van der Waals surface area (Å²) in [4.78, 5) is 13.0. The Morgan fingerprint density at radius 3 is 2.11 bits per heavy atom. The highest BCUT2D eigenvalue weighted by atomic mass is 32.2. The Morgan fingerprint density at radius 2 is 1.61 bits per heavy atom. The Morgan fingerprint density at radius 1 is 1.00 bits per heavy atom. The second-order valence-electron chi connectivity index (χ2n) is 6.48. The average Bonchev–Trinajstić information content (AvgIpc) is 2.69. The first-order valence-electron chi connectivity index (χ1n) is 9.20. The quantitative estimate of drug-likeness (QED) is 0.690. The molecule has 2 aromatic rings. The van der Waals surface area contributed by atoms with E-state index >= 15 is 0 Å². The second kappa shape index (κ2) is 9.59. The van der Waals surface area contributed by atoms with Crippen LogP contribution in [0.15, 0.2) is 53.4 Å². The molecule has 0 fully saturated rings. The molecule has 0 aliphatic heterocycles. The lowest BCUT2D eigenvalue weighted by Crippen LogP contribution is -2.40. The van der Waals surface area contributed by atoms with Gasteiger partial charge in [-0.2, -0.15) is 0 Å². The molecule has 28 heavy (non-hydrogen) atoms. The van der Waals surface area contributed by atoms with Crippen LogP contribution in [0.5, 0.6) is 11.5 Å². The number of rotatable bonds is 9. The number of carbonyl (C=O) groups is 1. The van der Waals surface area contributed by atoms with E-state index in [1.807, 2.05) is 26.0 Å². The van der Waals surface area contributed by atoms with E-state index < -0.39 is 15.9 Å². The predicted octanol–water partition coefficient (Wildman–Crippen LogP) is 3.52. The third-order valence-corrected chi connectivity index (χ3v) is 5.57. The van der Waals surface area contributed by atoms with Gasteiger partial charge < -0.3 is 14.8 Å². The minimum absolute atomic E-state index is 0.229. The SMILES string of the molecule is CCC(Oc1ccccc1OC)C(=O)NC(CC)c1ccc(S(C)(=O)=O)cc1. The lowest BCUT2D eigenvalue weighted by molar-refractivity contribution is -0.129. The standard InChI is InChI=1S/C21H27NO5S/c1-5-17(15-11-13-16(14-12-15)28(4,24)25)22-21(23)18(6-2)27-20-10-8-7-9-19(20)26-3/h7-14,17-18H,5-6H2,1-4H3,(H,22,23). The molecule has 2 atom stereocenters. The zero-order chi connectivity index (χ0) is 20.7. The van der Waals surface area contributed by atoms with Crippen LogP contribution in [0, 0.1) is 0 Å². The van der Waals surface area contributed by atoms with Crippen molar-refractivity contribution in [2.45, 2.75) is 43.7 Å². The van der Waals surface area contributed by atoms with Gasteiger partial charge in [0.05, 0.1) is 18.0 Å². The van der Waals surface area contributed by atoms with Gasteiger partial charge in [-0.1, -0.05) is 38.1 Å². The Bertz CT molecular complexity index is 893. The predicted molar refractivity (Wildman–Crippen MR) is 108 cm³/mol. The first-order valence-corrected chi connectivity index (χ1v) is 11.1. The van der Waals surface area contributed by atoms with E-state index in [1.54, 1.807) is 43.5 Å². The van der Waals surface area contributed by atoms with Crippen molar-refractivity contribution < 1.29 is 22.7 Å². The lowest BCUT2D eigenvalue weighted by atomic mass is 10.0. The van der Waals surface area contributed by atoms with Crippen LogP contribution in [0.2, 0.25) is 0 Å². The highest BCUT2D eigenvalue weighted by Crippen LogP contribution is 2.28. The molecule has 1 amide bonds. The topological polar surface area (TPSA) is 81.7 Å². The average molecular weight is 406 g/mol. The Hall–Kier alpha value is -2.54. The monoisotopic (exact) mass is 405 g/mol. The number of carbonyl (C=O) groups excluding carboxylic acids is 1. The third kappa shape index (κ3) is 5.48. The highest BCUT2D eigenvalue weighted by molar-refractivity contribution is 7.90. The Balaban J connectivity index is 2.13. The highest BCUT2D eigenvalue weighted by Gasteiger charge is 2.23. The summed E-state index contributed by atoms with van der Waals surface area (Å²) in [5.74, 6) is 0.849. The van der Waals surface area contributed by atoms with Crippen LogP contribution in [0.3, 0.4) is 0 Å². The van der Waals surface area contributed by atoms with Crippen LogP contribution in [0.4, 0.5) is 0 Å². The van der Waals surface area contributed by atoms with Crippen LogP contribution in [0.1, 0.15) is 38.3 Å². The number of ether oxygens (including phenoxy) is 2. The number of sulfone groups is 1. The summed E-state index contributed by atoms with van der Waals surface area (Å²) in [6, 6.07) is 13.5. The van der Waals surface area contributed by atoms with Gasteiger partial charge in [0.15, 0.2) is 27.4 Å². The molecule has 2 rings (SSSR count). The van der Waals surface area contributed by atoms with Gasteiger partial charge >= 0.3 is 0 Å². The van der Waals surface area contributed by atoms with E-state index in [0.29, 0.717) is 24.3 Å². The summed E-state index contributed by atoms with van der Waals surface area (Å²) in [6.45, 7) is 3.83. The summed E-state index contributed by atoms with van der Waals surface area (Å²) in [6.07, 6.45) is 1.66. The van der Waals surface area contributed by atoms with E-state index in [0.717, 1.165) is 5.56 Å². The zero-order valence-electron chi connectivity index (χ0n) is 16.6. The third-order valence-electron chi connectivity index (χ3n) is 4.44. The van der Waals surface area contributed by atoms with E-state index in [4.69, 9.17) is 9.47 Å². The molecule has 0 bridgehead atoms. The fourth-order valence-electron chi connectivity index (χ4n) is 2.82. The molecule has 0 aliphatic rings. The van der Waals surface area contributed by atoms with E-state index in [-0.39, 0.29) is 16.8 Å². The van der Waals surface area contributed by atoms with Gasteiger partial charge in [-0.05, 0) is 42.7 Å². The first kappa shape index (κ1) is 21.8. The number of methoxy groups -OCH3 is 1. The van der Waals surface area contributed by atoms with Crippen molar-refractivity contribution in [2.75, 3.05) is 13.4 Å². The van der Waals surface area contributed by atoms with Crippen molar-refractivity contribution in [3.63, 3.8) is 0 Å². The van der Waals surface area contributed by atoms with Gasteiger partial charge in [0.2, 0.25) is 0 Å². The minimum Gasteiger partial charge on any atom is -0.493 e. The molecule has 152 valence electrons. The van der Waals surface area contributed by atoms with Crippen LogP contribution in [-0.2, 0) is 14.6 Å². The van der Waals surface area contributed by atoms with Gasteiger partial charge in [-0.3, -0.25) is 4.79 Å². The Kier molecular flexibility index (Phi) is 7.45. The molecular formula is C21H27NO5S. The largest absolute Gasteiger partial charge is 0.493 e. The lowest BCUT2D eigenvalue weighted by Gasteiger charge is -2.23. The number of hydrogen-bond donors (Lipinski definition) is 1. The fourth-order valence-corrected chi connectivity index (χ4v) is 3.46. The maximum atomic E-state index is 12.8. The molecular weight excluding hydrogens is 378 g/mol. The summed E-state index contributed by atoms with van der Waals surface area (Å²) in [7, 11) is -1.70. The van der Waals surface area contributed by atoms with E-state index in [2.05, 4.69) is 5.32 Å². The molecule has 0 spiro atoms. The number of para-hydroxylation sites is 2. The van der Waals surface area contributed by atoms with Crippen molar-refractivity contribution >= 4 is 15.7 Å². The normalized spacial score (nSPS) is 13.4. The fraction of sp³-hybridized carbons (Fsp3) is 0.381. The van der Waals surface area contributed by atoms with Gasteiger partial charge in [0.25, 0.3) is 5.91 Å². The van der Waals surface area contributed by atoms with Crippen molar-refractivity contribution in [1.29, 1.82) is 0 Å². The molecule has 2 unspecified atom stereocenters. The molecule has 0 aliphatic carbocycles. The maximum Gasteiger partial charge on any atom is 0.261 e. The molecule has 0 heterocycles.